The van der Waals surface area contributed by atoms with Crippen LogP contribution in [0.2, 0.25) is 0 Å². The van der Waals surface area contributed by atoms with Crippen molar-refractivity contribution in [3.8, 4) is 0 Å². The molecule has 0 unspecified atom stereocenters. The van der Waals surface area contributed by atoms with E-state index < -0.39 is 10.7 Å². The standard InChI is InChI=1S/C9H10BrFN2O2/c1-12(2)5-7-8(11)3-6(10)4-9(7)13(14)15/h3-4H,5H2,1-2H3. The summed E-state index contributed by atoms with van der Waals surface area (Å²) in [7, 11) is 3.45. The molecule has 0 amide bonds. The van der Waals surface area contributed by atoms with Crippen LogP contribution in [-0.2, 0) is 6.54 Å². The van der Waals surface area contributed by atoms with E-state index in [1.165, 1.54) is 12.1 Å². The van der Waals surface area contributed by atoms with E-state index in [-0.39, 0.29) is 17.8 Å². The lowest BCUT2D eigenvalue weighted by atomic mass is 10.1. The summed E-state index contributed by atoms with van der Waals surface area (Å²) in [6.45, 7) is 0.204. The Labute approximate surface area is 95.0 Å². The summed E-state index contributed by atoms with van der Waals surface area (Å²) in [5.74, 6) is -0.565. The van der Waals surface area contributed by atoms with Gasteiger partial charge in [0.05, 0.1) is 10.5 Å². The lowest BCUT2D eigenvalue weighted by Crippen LogP contribution is -2.13. The number of nitro benzene ring substituents is 1. The molecule has 6 heteroatoms. The van der Waals surface area contributed by atoms with Crippen molar-refractivity contribution in [3.63, 3.8) is 0 Å². The Morgan fingerprint density at radius 2 is 2.13 bits per heavy atom. The summed E-state index contributed by atoms with van der Waals surface area (Å²) >= 11 is 3.02. The summed E-state index contributed by atoms with van der Waals surface area (Å²) in [4.78, 5) is 11.8. The van der Waals surface area contributed by atoms with Gasteiger partial charge in [-0.2, -0.15) is 0 Å². The van der Waals surface area contributed by atoms with E-state index >= 15 is 0 Å². The zero-order chi connectivity index (χ0) is 11.6. The smallest absolute Gasteiger partial charge is 0.277 e. The molecule has 1 aromatic carbocycles. The van der Waals surface area contributed by atoms with E-state index in [9.17, 15) is 14.5 Å². The molecule has 0 atom stereocenters. The number of halogens is 2. The molecule has 0 heterocycles. The molecule has 0 saturated carbocycles. The first kappa shape index (κ1) is 12.1. The van der Waals surface area contributed by atoms with Gasteiger partial charge in [-0.25, -0.2) is 4.39 Å². The highest BCUT2D eigenvalue weighted by Gasteiger charge is 2.19. The number of rotatable bonds is 3. The maximum atomic E-state index is 13.5. The van der Waals surface area contributed by atoms with Gasteiger partial charge in [0, 0.05) is 17.1 Å². The average Bonchev–Trinajstić information content (AvgIpc) is 2.08. The SMILES string of the molecule is CN(C)Cc1c(F)cc(Br)cc1[N+](=O)[O-]. The van der Waals surface area contributed by atoms with Gasteiger partial charge < -0.3 is 4.90 Å². The van der Waals surface area contributed by atoms with Crippen LogP contribution in [0.25, 0.3) is 0 Å². The second kappa shape index (κ2) is 4.67. The first-order chi connectivity index (χ1) is 6.91. The van der Waals surface area contributed by atoms with E-state index in [0.29, 0.717) is 4.47 Å². The highest BCUT2D eigenvalue weighted by atomic mass is 79.9. The monoisotopic (exact) mass is 276 g/mol. The molecule has 1 rings (SSSR count). The summed E-state index contributed by atoms with van der Waals surface area (Å²) in [6, 6.07) is 2.54. The molecule has 4 nitrogen and oxygen atoms in total. The van der Waals surface area contributed by atoms with Crippen LogP contribution in [0, 0.1) is 15.9 Å². The molecule has 0 bridgehead atoms. The lowest BCUT2D eigenvalue weighted by Gasteiger charge is -2.10. The van der Waals surface area contributed by atoms with Crippen molar-refractivity contribution in [3.05, 3.63) is 38.1 Å². The van der Waals surface area contributed by atoms with Crippen molar-refractivity contribution in [2.45, 2.75) is 6.54 Å². The molecule has 0 N–H and O–H groups in total. The van der Waals surface area contributed by atoms with E-state index in [1.54, 1.807) is 19.0 Å². The van der Waals surface area contributed by atoms with Crippen molar-refractivity contribution < 1.29 is 9.31 Å². The second-order valence-electron chi connectivity index (χ2n) is 3.38. The summed E-state index contributed by atoms with van der Waals surface area (Å²) < 4.78 is 13.8. The van der Waals surface area contributed by atoms with Crippen LogP contribution in [0.1, 0.15) is 5.56 Å². The van der Waals surface area contributed by atoms with E-state index in [4.69, 9.17) is 0 Å². The second-order valence-corrected chi connectivity index (χ2v) is 4.30. The zero-order valence-corrected chi connectivity index (χ0v) is 9.91. The van der Waals surface area contributed by atoms with Gasteiger partial charge in [0.15, 0.2) is 0 Å². The van der Waals surface area contributed by atoms with E-state index in [0.717, 1.165) is 0 Å². The van der Waals surface area contributed by atoms with Crippen LogP contribution in [0.5, 0.6) is 0 Å². The zero-order valence-electron chi connectivity index (χ0n) is 8.33. The van der Waals surface area contributed by atoms with Crippen LogP contribution in [0.4, 0.5) is 10.1 Å². The summed E-state index contributed by atoms with van der Waals surface area (Å²) in [6.07, 6.45) is 0. The van der Waals surface area contributed by atoms with Crippen LogP contribution in [-0.4, -0.2) is 23.9 Å². The predicted octanol–water partition coefficient (Wildman–Crippen LogP) is 2.56. The van der Waals surface area contributed by atoms with Crippen molar-refractivity contribution in [1.82, 2.24) is 4.90 Å². The molecule has 0 saturated heterocycles. The number of nitro groups is 1. The first-order valence-corrected chi connectivity index (χ1v) is 4.98. The predicted molar refractivity (Wildman–Crippen MR) is 58.1 cm³/mol. The fourth-order valence-electron chi connectivity index (χ4n) is 1.23. The Kier molecular flexibility index (Phi) is 3.76. The fourth-order valence-corrected chi connectivity index (χ4v) is 1.64. The Balaban J connectivity index is 3.27. The molecular formula is C9H10BrFN2O2. The normalized spacial score (nSPS) is 10.7. The van der Waals surface area contributed by atoms with Gasteiger partial charge in [0.2, 0.25) is 0 Å². The van der Waals surface area contributed by atoms with Crippen molar-refractivity contribution in [2.24, 2.45) is 0 Å². The quantitative estimate of drug-likeness (QED) is 0.630. The van der Waals surface area contributed by atoms with Crippen LogP contribution in [0.3, 0.4) is 0 Å². The molecule has 15 heavy (non-hydrogen) atoms. The summed E-state index contributed by atoms with van der Waals surface area (Å²) in [5, 5.41) is 10.7. The minimum absolute atomic E-state index is 0.105. The van der Waals surface area contributed by atoms with Crippen LogP contribution >= 0.6 is 15.9 Å². The third kappa shape index (κ3) is 2.97. The van der Waals surface area contributed by atoms with Gasteiger partial charge in [-0.15, -0.1) is 0 Å². The number of hydrogen-bond donors (Lipinski definition) is 0. The molecule has 0 aliphatic heterocycles. The van der Waals surface area contributed by atoms with E-state index in [2.05, 4.69) is 15.9 Å². The molecular weight excluding hydrogens is 267 g/mol. The number of hydrogen-bond acceptors (Lipinski definition) is 3. The maximum Gasteiger partial charge on any atom is 0.277 e. The minimum Gasteiger partial charge on any atom is -0.305 e. The molecule has 0 aliphatic rings. The fraction of sp³-hybridized carbons (Fsp3) is 0.333. The molecule has 1 aromatic rings. The Bertz CT molecular complexity index is 396. The first-order valence-electron chi connectivity index (χ1n) is 4.19. The average molecular weight is 277 g/mol. The molecule has 82 valence electrons. The van der Waals surface area contributed by atoms with Gasteiger partial charge in [-0.05, 0) is 20.2 Å². The Hall–Kier alpha value is -1.01. The third-order valence-electron chi connectivity index (χ3n) is 1.81. The van der Waals surface area contributed by atoms with Gasteiger partial charge in [0.1, 0.15) is 5.82 Å². The molecule has 0 fully saturated rings. The van der Waals surface area contributed by atoms with Crippen LogP contribution < -0.4 is 0 Å². The highest BCUT2D eigenvalue weighted by Crippen LogP contribution is 2.27. The molecule has 0 aliphatic carbocycles. The Morgan fingerprint density at radius 3 is 2.60 bits per heavy atom. The maximum absolute atomic E-state index is 13.5. The van der Waals surface area contributed by atoms with Crippen LogP contribution in [0.15, 0.2) is 16.6 Å². The van der Waals surface area contributed by atoms with Gasteiger partial charge in [0.25, 0.3) is 5.69 Å². The van der Waals surface area contributed by atoms with Gasteiger partial charge >= 0.3 is 0 Å². The largest absolute Gasteiger partial charge is 0.305 e. The molecule has 0 radical (unpaired) electrons. The van der Waals surface area contributed by atoms with E-state index in [1.807, 2.05) is 0 Å². The minimum atomic E-state index is -0.577. The Morgan fingerprint density at radius 1 is 1.53 bits per heavy atom. The van der Waals surface area contributed by atoms with Crippen molar-refractivity contribution >= 4 is 21.6 Å². The number of benzene rings is 1. The molecule has 0 spiro atoms. The van der Waals surface area contributed by atoms with Crippen molar-refractivity contribution in [1.29, 1.82) is 0 Å². The highest BCUT2D eigenvalue weighted by molar-refractivity contribution is 9.10. The third-order valence-corrected chi connectivity index (χ3v) is 2.27. The molecule has 0 aromatic heterocycles. The topological polar surface area (TPSA) is 46.4 Å². The van der Waals surface area contributed by atoms with Gasteiger partial charge in [-0.1, -0.05) is 15.9 Å². The van der Waals surface area contributed by atoms with Crippen molar-refractivity contribution in [2.75, 3.05) is 14.1 Å². The summed E-state index contributed by atoms with van der Waals surface area (Å²) in [5.41, 5.74) is -0.0937. The number of nitrogens with zero attached hydrogens (tertiary/aromatic N) is 2. The van der Waals surface area contributed by atoms with Gasteiger partial charge in [-0.3, -0.25) is 10.1 Å². The lowest BCUT2D eigenvalue weighted by molar-refractivity contribution is -0.386.